The summed E-state index contributed by atoms with van der Waals surface area (Å²) in [5.74, 6) is -0.236. The Labute approximate surface area is 226 Å². The van der Waals surface area contributed by atoms with Gasteiger partial charge in [0.1, 0.15) is 11.5 Å². The lowest BCUT2D eigenvalue weighted by atomic mass is 10.00. The number of hydrogen-bond donors (Lipinski definition) is 2. The van der Waals surface area contributed by atoms with Gasteiger partial charge >= 0.3 is 12.1 Å². The molecular formula is C30H31F2N3O4. The molecule has 3 aromatic rings. The Balaban J connectivity index is 1.48. The molecule has 4 N–H and O–H groups in total. The second-order valence-electron chi connectivity index (χ2n) is 8.93. The van der Waals surface area contributed by atoms with E-state index in [4.69, 9.17) is 30.9 Å². The van der Waals surface area contributed by atoms with E-state index >= 15 is 0 Å². The number of ether oxygens (including phenoxy) is 3. The highest BCUT2D eigenvalue weighted by Gasteiger charge is 2.34. The molecule has 0 aliphatic rings. The van der Waals surface area contributed by atoms with Crippen LogP contribution in [-0.2, 0) is 15.6 Å². The minimum absolute atomic E-state index is 0.0348. The Morgan fingerprint density at radius 1 is 1.03 bits per heavy atom. The molecule has 0 amide bonds. The topological polar surface area (TPSA) is 121 Å². The first kappa shape index (κ1) is 29.0. The second kappa shape index (κ2) is 13.8. The molecule has 0 aromatic heterocycles. The predicted molar refractivity (Wildman–Crippen MR) is 146 cm³/mol. The lowest BCUT2D eigenvalue weighted by Crippen LogP contribution is -2.21. The Morgan fingerprint density at radius 2 is 1.72 bits per heavy atom. The Bertz CT molecular complexity index is 1300. The summed E-state index contributed by atoms with van der Waals surface area (Å²) in [5.41, 5.74) is 13.9. The molecule has 3 rings (SSSR count). The van der Waals surface area contributed by atoms with Crippen LogP contribution < -0.4 is 20.9 Å². The highest BCUT2D eigenvalue weighted by Crippen LogP contribution is 2.32. The van der Waals surface area contributed by atoms with Gasteiger partial charge in [0.15, 0.2) is 0 Å². The lowest BCUT2D eigenvalue weighted by Gasteiger charge is -2.18. The maximum Gasteiger partial charge on any atom is 0.426 e. The zero-order chi connectivity index (χ0) is 28.3. The third-order valence-electron chi connectivity index (χ3n) is 5.80. The number of unbranched alkanes of at least 4 members (excludes halogenated alkanes) is 2. The highest BCUT2D eigenvalue weighted by atomic mass is 19.3. The van der Waals surface area contributed by atoms with Crippen LogP contribution in [0.15, 0.2) is 72.8 Å². The van der Waals surface area contributed by atoms with Crippen LogP contribution in [0.2, 0.25) is 0 Å². The van der Waals surface area contributed by atoms with E-state index in [1.807, 2.05) is 6.92 Å². The zero-order valence-corrected chi connectivity index (χ0v) is 21.6. The Hall–Kier alpha value is -4.58. The van der Waals surface area contributed by atoms with E-state index in [2.05, 4.69) is 6.07 Å². The number of rotatable bonds is 13. The van der Waals surface area contributed by atoms with Gasteiger partial charge in [-0.1, -0.05) is 25.1 Å². The number of alkyl halides is 2. The molecule has 0 spiro atoms. The molecule has 0 radical (unpaired) electrons. The van der Waals surface area contributed by atoms with Gasteiger partial charge in [0.25, 0.3) is 0 Å². The summed E-state index contributed by atoms with van der Waals surface area (Å²) in [4.78, 5) is 12.1. The molecule has 1 atom stereocenters. The van der Waals surface area contributed by atoms with E-state index in [1.54, 1.807) is 30.3 Å². The number of esters is 1. The molecule has 0 saturated carbocycles. The maximum absolute atomic E-state index is 14.7. The van der Waals surface area contributed by atoms with Crippen molar-refractivity contribution in [2.45, 2.75) is 38.2 Å². The summed E-state index contributed by atoms with van der Waals surface area (Å²) in [6, 6.07) is 18.5. The molecular weight excluding hydrogens is 504 g/mol. The van der Waals surface area contributed by atoms with Crippen LogP contribution in [0.5, 0.6) is 11.5 Å². The summed E-state index contributed by atoms with van der Waals surface area (Å²) in [7, 11) is 0. The van der Waals surface area contributed by atoms with Crippen molar-refractivity contribution >= 4 is 23.4 Å². The van der Waals surface area contributed by atoms with Crippen molar-refractivity contribution in [1.29, 1.82) is 5.26 Å². The van der Waals surface area contributed by atoms with E-state index in [0.29, 0.717) is 42.1 Å². The Morgan fingerprint density at radius 3 is 2.38 bits per heavy atom. The van der Waals surface area contributed by atoms with Gasteiger partial charge in [-0.25, -0.2) is 4.79 Å². The molecule has 0 fully saturated rings. The number of benzene rings is 3. The van der Waals surface area contributed by atoms with Gasteiger partial charge in [-0.15, -0.1) is 0 Å². The maximum atomic E-state index is 14.7. The molecule has 7 nitrogen and oxygen atoms in total. The third-order valence-corrected chi connectivity index (χ3v) is 5.80. The first-order valence-corrected chi connectivity index (χ1v) is 12.4. The largest absolute Gasteiger partial charge is 0.494 e. The average molecular weight is 536 g/mol. The zero-order valence-electron chi connectivity index (χ0n) is 21.6. The minimum Gasteiger partial charge on any atom is -0.494 e. The van der Waals surface area contributed by atoms with Gasteiger partial charge in [-0.05, 0) is 78.6 Å². The van der Waals surface area contributed by atoms with Gasteiger partial charge in [0.2, 0.25) is 0 Å². The van der Waals surface area contributed by atoms with E-state index in [1.165, 1.54) is 48.6 Å². The number of nitrogens with zero attached hydrogens (tertiary/aromatic N) is 1. The van der Waals surface area contributed by atoms with Crippen LogP contribution in [0.25, 0.3) is 6.08 Å². The predicted octanol–water partition coefficient (Wildman–Crippen LogP) is 6.41. The number of carbonyl (C=O) groups is 1. The van der Waals surface area contributed by atoms with Crippen LogP contribution >= 0.6 is 0 Å². The second-order valence-corrected chi connectivity index (χ2v) is 8.93. The van der Waals surface area contributed by atoms with Gasteiger partial charge in [0, 0.05) is 29.8 Å². The van der Waals surface area contributed by atoms with Crippen LogP contribution in [0.3, 0.4) is 0 Å². The number of nitriles is 1. The average Bonchev–Trinajstić information content (AvgIpc) is 2.91. The molecule has 0 aliphatic heterocycles. The lowest BCUT2D eigenvalue weighted by molar-refractivity contribution is -0.185. The van der Waals surface area contributed by atoms with Crippen LogP contribution in [0.1, 0.15) is 48.8 Å². The molecule has 3 aromatic carbocycles. The van der Waals surface area contributed by atoms with E-state index in [-0.39, 0.29) is 23.8 Å². The standard InChI is InChI=1S/C30H31F2N3O4/c1-21(27-15-10-24(34)19-28(27)35)20-38-29(36)16-7-22-5-11-26(12-6-22)39-30(31,32)23-8-13-25(14-9-23)37-18-4-2-3-17-33/h5-16,19,21H,2-4,18,20,34-35H2,1H3/b16-7+. The normalized spacial score (nSPS) is 12.1. The van der Waals surface area contributed by atoms with Gasteiger partial charge < -0.3 is 25.7 Å². The SMILES string of the molecule is CC(COC(=O)/C=C/c1ccc(OC(F)(F)c2ccc(OCCCCC#N)cc2)cc1)c1ccc(N)cc1N. The molecule has 0 saturated heterocycles. The van der Waals surface area contributed by atoms with E-state index in [9.17, 15) is 13.6 Å². The molecule has 39 heavy (non-hydrogen) atoms. The monoisotopic (exact) mass is 535 g/mol. The molecule has 0 bridgehead atoms. The van der Waals surface area contributed by atoms with Gasteiger partial charge in [-0.2, -0.15) is 14.0 Å². The quantitative estimate of drug-likeness (QED) is 0.112. The van der Waals surface area contributed by atoms with Crippen molar-refractivity contribution in [3.05, 3.63) is 89.5 Å². The number of carbonyl (C=O) groups excluding carboxylic acids is 1. The molecule has 204 valence electrons. The van der Waals surface area contributed by atoms with E-state index < -0.39 is 12.1 Å². The third kappa shape index (κ3) is 9.04. The summed E-state index contributed by atoms with van der Waals surface area (Å²) in [6.45, 7) is 2.43. The van der Waals surface area contributed by atoms with Gasteiger partial charge in [-0.3, -0.25) is 0 Å². The van der Waals surface area contributed by atoms with Crippen molar-refractivity contribution in [3.8, 4) is 17.6 Å². The van der Waals surface area contributed by atoms with Crippen molar-refractivity contribution in [3.63, 3.8) is 0 Å². The number of halogens is 2. The van der Waals surface area contributed by atoms with Crippen molar-refractivity contribution < 1.29 is 27.8 Å². The number of hydrogen-bond acceptors (Lipinski definition) is 7. The first-order valence-electron chi connectivity index (χ1n) is 12.4. The summed E-state index contributed by atoms with van der Waals surface area (Å²) < 4.78 is 45.0. The molecule has 9 heteroatoms. The van der Waals surface area contributed by atoms with Crippen molar-refractivity contribution in [2.24, 2.45) is 0 Å². The summed E-state index contributed by atoms with van der Waals surface area (Å²) in [6.07, 6.45) is 1.11. The molecule has 0 aliphatic carbocycles. The smallest absolute Gasteiger partial charge is 0.426 e. The highest BCUT2D eigenvalue weighted by molar-refractivity contribution is 5.87. The first-order chi connectivity index (χ1) is 18.7. The van der Waals surface area contributed by atoms with Gasteiger partial charge in [0.05, 0.1) is 24.8 Å². The van der Waals surface area contributed by atoms with Crippen molar-refractivity contribution in [1.82, 2.24) is 0 Å². The Kier molecular flexibility index (Phi) is 10.3. The minimum atomic E-state index is -3.56. The van der Waals surface area contributed by atoms with Crippen LogP contribution in [0, 0.1) is 11.3 Å². The van der Waals surface area contributed by atoms with Crippen LogP contribution in [-0.4, -0.2) is 19.2 Å². The number of nitrogen functional groups attached to an aromatic ring is 2. The summed E-state index contributed by atoms with van der Waals surface area (Å²) >= 11 is 0. The fraction of sp³-hybridized carbons (Fsp3) is 0.267. The van der Waals surface area contributed by atoms with Crippen molar-refractivity contribution in [2.75, 3.05) is 24.7 Å². The molecule has 1 unspecified atom stereocenters. The van der Waals surface area contributed by atoms with E-state index in [0.717, 1.165) is 12.0 Å². The van der Waals surface area contributed by atoms with Crippen LogP contribution in [0.4, 0.5) is 20.2 Å². The summed E-state index contributed by atoms with van der Waals surface area (Å²) in [5, 5.41) is 8.53. The fourth-order valence-corrected chi connectivity index (χ4v) is 3.65. The molecule has 0 heterocycles. The number of anilines is 2. The number of nitrogens with two attached hydrogens (primary N) is 2. The fourth-order valence-electron chi connectivity index (χ4n) is 3.65.